The Balaban J connectivity index is 2.02. The number of hydrogen-bond donors (Lipinski definition) is 0. The molecule has 2 aromatic carbocycles. The molecule has 0 saturated carbocycles. The average Bonchev–Trinajstić information content (AvgIpc) is 2.59. The second-order valence-electron chi connectivity index (χ2n) is 4.78. The zero-order chi connectivity index (χ0) is 15.9. The first-order valence-electron chi connectivity index (χ1n) is 7.15. The molecule has 0 N–H and O–H groups in total. The normalized spacial score (nSPS) is 10.1. The maximum atomic E-state index is 11.6. The average molecular weight is 300 g/mol. The summed E-state index contributed by atoms with van der Waals surface area (Å²) in [5.41, 5.74) is 1.69. The van der Waals surface area contributed by atoms with Crippen LogP contribution >= 0.6 is 0 Å². The minimum atomic E-state index is 0.131. The van der Waals surface area contributed by atoms with Crippen LogP contribution in [-0.2, 0) is 6.61 Å². The molecule has 0 aliphatic heterocycles. The fraction of sp³-hybridized carbons (Fsp3) is 0.278. The summed E-state index contributed by atoms with van der Waals surface area (Å²) in [6.07, 6.45) is 0.506. The Morgan fingerprint density at radius 2 is 1.64 bits per heavy atom. The molecule has 0 aromatic heterocycles. The number of methoxy groups -OCH3 is 2. The van der Waals surface area contributed by atoms with Gasteiger partial charge in [0.05, 0.1) is 14.2 Å². The van der Waals surface area contributed by atoms with Crippen LogP contribution in [0.5, 0.6) is 17.2 Å². The lowest BCUT2D eigenvalue weighted by molar-refractivity contribution is 0.0988. The van der Waals surface area contributed by atoms with Gasteiger partial charge in [-0.3, -0.25) is 4.79 Å². The molecule has 22 heavy (non-hydrogen) atoms. The predicted molar refractivity (Wildman–Crippen MR) is 84.9 cm³/mol. The molecule has 2 aromatic rings. The lowest BCUT2D eigenvalue weighted by atomic mass is 10.1. The van der Waals surface area contributed by atoms with Gasteiger partial charge in [0.2, 0.25) is 0 Å². The summed E-state index contributed by atoms with van der Waals surface area (Å²) in [6, 6.07) is 12.9. The molecule has 2 rings (SSSR count). The molecule has 0 fully saturated rings. The molecule has 0 aliphatic carbocycles. The van der Waals surface area contributed by atoms with E-state index in [4.69, 9.17) is 14.2 Å². The zero-order valence-electron chi connectivity index (χ0n) is 13.1. The fourth-order valence-corrected chi connectivity index (χ4v) is 2.08. The van der Waals surface area contributed by atoms with Crippen molar-refractivity contribution in [2.45, 2.75) is 20.0 Å². The van der Waals surface area contributed by atoms with Gasteiger partial charge in [0.25, 0.3) is 0 Å². The van der Waals surface area contributed by atoms with E-state index in [2.05, 4.69) is 0 Å². The molecule has 0 unspecified atom stereocenters. The van der Waals surface area contributed by atoms with E-state index in [0.29, 0.717) is 30.1 Å². The van der Waals surface area contributed by atoms with Gasteiger partial charge < -0.3 is 14.2 Å². The summed E-state index contributed by atoms with van der Waals surface area (Å²) in [5.74, 6) is 2.22. The quantitative estimate of drug-likeness (QED) is 0.728. The van der Waals surface area contributed by atoms with Gasteiger partial charge in [-0.25, -0.2) is 0 Å². The first-order valence-corrected chi connectivity index (χ1v) is 7.15. The molecule has 0 aliphatic rings. The third-order valence-electron chi connectivity index (χ3n) is 3.35. The first-order chi connectivity index (χ1) is 10.7. The zero-order valence-corrected chi connectivity index (χ0v) is 13.1. The molecule has 0 atom stereocenters. The Hall–Kier alpha value is -2.49. The summed E-state index contributed by atoms with van der Waals surface area (Å²) in [6.45, 7) is 2.27. The van der Waals surface area contributed by atoms with Crippen molar-refractivity contribution in [3.8, 4) is 17.2 Å². The number of rotatable bonds is 7. The highest BCUT2D eigenvalue weighted by Crippen LogP contribution is 2.28. The van der Waals surface area contributed by atoms with Crippen LogP contribution in [0.25, 0.3) is 0 Å². The van der Waals surface area contributed by atoms with Gasteiger partial charge in [-0.2, -0.15) is 0 Å². The number of carbonyl (C=O) groups is 1. The van der Waals surface area contributed by atoms with Crippen LogP contribution in [0.2, 0.25) is 0 Å². The Kier molecular flexibility index (Phi) is 5.42. The van der Waals surface area contributed by atoms with Crippen molar-refractivity contribution in [3.63, 3.8) is 0 Å². The first kappa shape index (κ1) is 15.9. The van der Waals surface area contributed by atoms with E-state index >= 15 is 0 Å². The molecule has 0 heterocycles. The summed E-state index contributed by atoms with van der Waals surface area (Å²) in [5, 5.41) is 0. The summed E-state index contributed by atoms with van der Waals surface area (Å²) < 4.78 is 16.2. The SMILES string of the molecule is CCC(=O)c1ccc(OCc2ccc(OC)c(OC)c2)cc1. The van der Waals surface area contributed by atoms with E-state index < -0.39 is 0 Å². The highest BCUT2D eigenvalue weighted by atomic mass is 16.5. The van der Waals surface area contributed by atoms with Crippen molar-refractivity contribution in [2.75, 3.05) is 14.2 Å². The van der Waals surface area contributed by atoms with Crippen LogP contribution < -0.4 is 14.2 Å². The maximum absolute atomic E-state index is 11.6. The number of carbonyl (C=O) groups excluding carboxylic acids is 1. The standard InChI is InChI=1S/C18H20O4/c1-4-16(19)14-6-8-15(9-7-14)22-12-13-5-10-17(20-2)18(11-13)21-3/h5-11H,4,12H2,1-3H3. The summed E-state index contributed by atoms with van der Waals surface area (Å²) in [7, 11) is 3.21. The highest BCUT2D eigenvalue weighted by Gasteiger charge is 2.06. The molecule has 0 spiro atoms. The third-order valence-corrected chi connectivity index (χ3v) is 3.35. The van der Waals surface area contributed by atoms with Gasteiger partial charge in [-0.15, -0.1) is 0 Å². The van der Waals surface area contributed by atoms with Crippen LogP contribution in [-0.4, -0.2) is 20.0 Å². The topological polar surface area (TPSA) is 44.8 Å². The molecule has 0 amide bonds. The van der Waals surface area contributed by atoms with Crippen LogP contribution in [0.15, 0.2) is 42.5 Å². The van der Waals surface area contributed by atoms with Gasteiger partial charge in [0.15, 0.2) is 17.3 Å². The second kappa shape index (κ2) is 7.50. The van der Waals surface area contributed by atoms with Crippen molar-refractivity contribution in [2.24, 2.45) is 0 Å². The minimum absolute atomic E-state index is 0.131. The number of Topliss-reactive ketones (excluding diaryl/α,β-unsaturated/α-hetero) is 1. The van der Waals surface area contributed by atoms with E-state index in [-0.39, 0.29) is 5.78 Å². The van der Waals surface area contributed by atoms with E-state index in [0.717, 1.165) is 11.3 Å². The fourth-order valence-electron chi connectivity index (χ4n) is 2.08. The van der Waals surface area contributed by atoms with Crippen molar-refractivity contribution < 1.29 is 19.0 Å². The predicted octanol–water partition coefficient (Wildman–Crippen LogP) is 3.88. The molecule has 4 nitrogen and oxygen atoms in total. The van der Waals surface area contributed by atoms with Gasteiger partial charge in [-0.1, -0.05) is 13.0 Å². The van der Waals surface area contributed by atoms with Crippen LogP contribution in [0.1, 0.15) is 29.3 Å². The number of benzene rings is 2. The Bertz CT molecular complexity index is 632. The molecule has 0 radical (unpaired) electrons. The van der Waals surface area contributed by atoms with Crippen LogP contribution in [0.3, 0.4) is 0 Å². The van der Waals surface area contributed by atoms with E-state index in [1.807, 2.05) is 37.3 Å². The Morgan fingerprint density at radius 3 is 2.23 bits per heavy atom. The monoisotopic (exact) mass is 300 g/mol. The Morgan fingerprint density at radius 1 is 0.955 bits per heavy atom. The third kappa shape index (κ3) is 3.79. The van der Waals surface area contributed by atoms with Gasteiger partial charge in [0, 0.05) is 12.0 Å². The number of ether oxygens (including phenoxy) is 3. The molecular weight excluding hydrogens is 280 g/mol. The number of hydrogen-bond acceptors (Lipinski definition) is 4. The molecule has 116 valence electrons. The lowest BCUT2D eigenvalue weighted by Gasteiger charge is -2.11. The van der Waals surface area contributed by atoms with Gasteiger partial charge >= 0.3 is 0 Å². The largest absolute Gasteiger partial charge is 0.493 e. The van der Waals surface area contributed by atoms with Gasteiger partial charge in [0.1, 0.15) is 12.4 Å². The van der Waals surface area contributed by atoms with Crippen LogP contribution in [0, 0.1) is 0 Å². The second-order valence-corrected chi connectivity index (χ2v) is 4.78. The smallest absolute Gasteiger partial charge is 0.162 e. The summed E-state index contributed by atoms with van der Waals surface area (Å²) >= 11 is 0. The van der Waals surface area contributed by atoms with Crippen molar-refractivity contribution in [1.82, 2.24) is 0 Å². The molecule has 0 bridgehead atoms. The van der Waals surface area contributed by atoms with Crippen molar-refractivity contribution in [1.29, 1.82) is 0 Å². The van der Waals surface area contributed by atoms with E-state index in [1.165, 1.54) is 0 Å². The molecule has 4 heteroatoms. The van der Waals surface area contributed by atoms with Gasteiger partial charge in [-0.05, 0) is 42.0 Å². The number of ketones is 1. The lowest BCUT2D eigenvalue weighted by Crippen LogP contribution is -1.99. The summed E-state index contributed by atoms with van der Waals surface area (Å²) in [4.78, 5) is 11.6. The van der Waals surface area contributed by atoms with E-state index in [1.54, 1.807) is 26.4 Å². The van der Waals surface area contributed by atoms with Crippen molar-refractivity contribution >= 4 is 5.78 Å². The maximum Gasteiger partial charge on any atom is 0.162 e. The Labute approximate surface area is 130 Å². The molecular formula is C18H20O4. The molecule has 0 saturated heterocycles. The van der Waals surface area contributed by atoms with Crippen molar-refractivity contribution in [3.05, 3.63) is 53.6 Å². The highest BCUT2D eigenvalue weighted by molar-refractivity contribution is 5.95. The minimum Gasteiger partial charge on any atom is -0.493 e. The van der Waals surface area contributed by atoms with E-state index in [9.17, 15) is 4.79 Å². The van der Waals surface area contributed by atoms with Crippen LogP contribution in [0.4, 0.5) is 0 Å².